The molecule has 2 aromatic carbocycles. The molecule has 0 bridgehead atoms. The summed E-state index contributed by atoms with van der Waals surface area (Å²) in [6.07, 6.45) is 1.91. The lowest BCUT2D eigenvalue weighted by molar-refractivity contribution is -0.115. The fraction of sp³-hybridized carbons (Fsp3) is 0.286. The van der Waals surface area contributed by atoms with Crippen molar-refractivity contribution in [3.63, 3.8) is 0 Å². The van der Waals surface area contributed by atoms with Crippen LogP contribution in [0.1, 0.15) is 35.3 Å². The highest BCUT2D eigenvalue weighted by Gasteiger charge is 2.32. The molecule has 1 aliphatic carbocycles. The Balaban J connectivity index is 1.66. The number of carbonyl (C=O) groups excluding carboxylic acids is 1. The topological polar surface area (TPSA) is 89.0 Å². The first kappa shape index (κ1) is 19.3. The molecule has 1 aromatic heterocycles. The lowest BCUT2D eigenvalue weighted by Crippen LogP contribution is -2.21. The first-order chi connectivity index (χ1) is 14.1. The van der Waals surface area contributed by atoms with Crippen LogP contribution in [0.15, 0.2) is 58.5 Å². The van der Waals surface area contributed by atoms with Gasteiger partial charge in [-0.1, -0.05) is 48.2 Å². The molecule has 4 rings (SSSR count). The van der Waals surface area contributed by atoms with Gasteiger partial charge in [-0.25, -0.2) is 9.89 Å². The van der Waals surface area contributed by atoms with Gasteiger partial charge in [-0.3, -0.25) is 9.36 Å². The minimum Gasteiger partial charge on any atom is -0.495 e. The van der Waals surface area contributed by atoms with Gasteiger partial charge in [-0.2, -0.15) is 0 Å². The predicted octanol–water partition coefficient (Wildman–Crippen LogP) is 3.70. The van der Waals surface area contributed by atoms with E-state index in [1.807, 2.05) is 55.5 Å². The Morgan fingerprint density at radius 2 is 2.03 bits per heavy atom. The van der Waals surface area contributed by atoms with Crippen LogP contribution in [0.4, 0.5) is 5.69 Å². The summed E-state index contributed by atoms with van der Waals surface area (Å²) >= 11 is 1.27. The van der Waals surface area contributed by atoms with Crippen LogP contribution >= 0.6 is 11.8 Å². The fourth-order valence-electron chi connectivity index (χ4n) is 3.15. The minimum atomic E-state index is -0.575. The number of thioether (sulfide) groups is 1. The quantitative estimate of drug-likeness (QED) is 0.580. The Hall–Kier alpha value is -3.00. The van der Waals surface area contributed by atoms with Gasteiger partial charge in [0, 0.05) is 6.04 Å². The van der Waals surface area contributed by atoms with Crippen molar-refractivity contribution in [1.29, 1.82) is 0 Å². The van der Waals surface area contributed by atoms with Crippen molar-refractivity contribution < 1.29 is 9.53 Å². The first-order valence-corrected chi connectivity index (χ1v) is 10.3. The number of carbonyl (C=O) groups is 1. The number of anilines is 1. The third-order valence-corrected chi connectivity index (χ3v) is 5.98. The molecule has 8 heteroatoms. The number of nitrogens with zero attached hydrogens (tertiary/aromatic N) is 2. The predicted molar refractivity (Wildman–Crippen MR) is 113 cm³/mol. The molecule has 0 spiro atoms. The maximum absolute atomic E-state index is 13.3. The van der Waals surface area contributed by atoms with Crippen LogP contribution in [-0.4, -0.2) is 27.8 Å². The van der Waals surface area contributed by atoms with Crippen molar-refractivity contribution in [2.75, 3.05) is 12.4 Å². The number of H-pyrrole nitrogens is 1. The van der Waals surface area contributed by atoms with Crippen LogP contribution in [0.25, 0.3) is 0 Å². The summed E-state index contributed by atoms with van der Waals surface area (Å²) in [4.78, 5) is 25.4. The standard InChI is InChI=1S/C21H22N4O3S/c1-13-8-11-17(28-2)16(12-13)22-19(26)18(14-6-4-3-5-7-14)29-21-24-23-20(27)25(21)15-9-10-15/h3-8,11-12,15,18H,9-10H2,1-2H3,(H,22,26)(H,23,27)/t18-/m1/s1. The minimum absolute atomic E-state index is 0.167. The van der Waals surface area contributed by atoms with Crippen LogP contribution in [-0.2, 0) is 4.79 Å². The van der Waals surface area contributed by atoms with Gasteiger partial charge in [0.2, 0.25) is 5.91 Å². The average Bonchev–Trinajstić information content (AvgIpc) is 3.49. The molecule has 1 saturated carbocycles. The van der Waals surface area contributed by atoms with Crippen LogP contribution < -0.4 is 15.7 Å². The molecular weight excluding hydrogens is 388 g/mol. The number of ether oxygens (including phenoxy) is 1. The van der Waals surface area contributed by atoms with Gasteiger partial charge in [-0.15, -0.1) is 5.10 Å². The van der Waals surface area contributed by atoms with Gasteiger partial charge in [0.05, 0.1) is 12.8 Å². The molecule has 7 nitrogen and oxygen atoms in total. The van der Waals surface area contributed by atoms with Gasteiger partial charge < -0.3 is 10.1 Å². The molecule has 1 aliphatic rings. The van der Waals surface area contributed by atoms with Gasteiger partial charge in [0.1, 0.15) is 11.0 Å². The van der Waals surface area contributed by atoms with E-state index >= 15 is 0 Å². The highest BCUT2D eigenvalue weighted by molar-refractivity contribution is 8.00. The normalized spacial score (nSPS) is 14.4. The molecule has 3 aromatic rings. The van der Waals surface area contributed by atoms with Crippen LogP contribution in [0, 0.1) is 6.92 Å². The number of aryl methyl sites for hydroxylation is 1. The molecule has 0 radical (unpaired) electrons. The number of benzene rings is 2. The third kappa shape index (κ3) is 4.22. The van der Waals surface area contributed by atoms with E-state index < -0.39 is 5.25 Å². The summed E-state index contributed by atoms with van der Waals surface area (Å²) in [5.74, 6) is 0.387. The molecule has 0 saturated heterocycles. The Labute approximate surface area is 172 Å². The molecule has 1 atom stereocenters. The van der Waals surface area contributed by atoms with Gasteiger partial charge in [0.25, 0.3) is 0 Å². The lowest BCUT2D eigenvalue weighted by atomic mass is 10.1. The van der Waals surface area contributed by atoms with Crippen LogP contribution in [0.5, 0.6) is 5.75 Å². The Morgan fingerprint density at radius 3 is 2.72 bits per heavy atom. The van der Waals surface area contributed by atoms with Crippen LogP contribution in [0.2, 0.25) is 0 Å². The second-order valence-electron chi connectivity index (χ2n) is 7.01. The number of nitrogens with one attached hydrogen (secondary N) is 2. The van der Waals surface area contributed by atoms with E-state index in [9.17, 15) is 9.59 Å². The number of hydrogen-bond donors (Lipinski definition) is 2. The zero-order valence-electron chi connectivity index (χ0n) is 16.2. The lowest BCUT2D eigenvalue weighted by Gasteiger charge is -2.18. The van der Waals surface area contributed by atoms with E-state index in [1.165, 1.54) is 11.8 Å². The van der Waals surface area contributed by atoms with E-state index in [4.69, 9.17) is 4.74 Å². The molecule has 150 valence electrons. The summed E-state index contributed by atoms with van der Waals surface area (Å²) in [5, 5.41) is 9.61. The summed E-state index contributed by atoms with van der Waals surface area (Å²) in [6.45, 7) is 1.95. The number of rotatable bonds is 7. The smallest absolute Gasteiger partial charge is 0.344 e. The van der Waals surface area contributed by atoms with E-state index in [2.05, 4.69) is 15.5 Å². The second-order valence-corrected chi connectivity index (χ2v) is 8.09. The molecule has 0 aliphatic heterocycles. The van der Waals surface area contributed by atoms with E-state index in [0.29, 0.717) is 16.6 Å². The van der Waals surface area contributed by atoms with Crippen molar-refractivity contribution >= 4 is 23.4 Å². The van der Waals surface area contributed by atoms with E-state index in [1.54, 1.807) is 11.7 Å². The monoisotopic (exact) mass is 410 g/mol. The Bertz CT molecular complexity index is 1070. The summed E-state index contributed by atoms with van der Waals surface area (Å²) in [6, 6.07) is 15.3. The average molecular weight is 410 g/mol. The highest BCUT2D eigenvalue weighted by Crippen LogP contribution is 2.41. The Kier molecular flexibility index (Phi) is 5.44. The number of hydrogen-bond acceptors (Lipinski definition) is 5. The molecule has 1 heterocycles. The summed E-state index contributed by atoms with van der Waals surface area (Å²) < 4.78 is 7.04. The SMILES string of the molecule is COc1ccc(C)cc1NC(=O)[C@H](Sc1n[nH]c(=O)n1C1CC1)c1ccccc1. The number of methoxy groups -OCH3 is 1. The summed E-state index contributed by atoms with van der Waals surface area (Å²) in [5.41, 5.74) is 2.22. The number of amides is 1. The zero-order valence-corrected chi connectivity index (χ0v) is 17.0. The molecule has 1 fully saturated rings. The van der Waals surface area contributed by atoms with Gasteiger partial charge >= 0.3 is 5.69 Å². The summed E-state index contributed by atoms with van der Waals surface area (Å²) in [7, 11) is 1.57. The molecular formula is C21H22N4O3S. The number of aromatic nitrogens is 3. The van der Waals surface area contributed by atoms with E-state index in [-0.39, 0.29) is 17.6 Å². The Morgan fingerprint density at radius 1 is 1.28 bits per heavy atom. The second kappa shape index (κ2) is 8.16. The van der Waals surface area contributed by atoms with Crippen molar-refractivity contribution in [3.05, 3.63) is 70.1 Å². The van der Waals surface area contributed by atoms with Crippen molar-refractivity contribution in [3.8, 4) is 5.75 Å². The van der Waals surface area contributed by atoms with Gasteiger partial charge in [-0.05, 0) is 43.0 Å². The largest absolute Gasteiger partial charge is 0.495 e. The maximum atomic E-state index is 13.3. The molecule has 2 N–H and O–H groups in total. The highest BCUT2D eigenvalue weighted by atomic mass is 32.2. The van der Waals surface area contributed by atoms with Crippen molar-refractivity contribution in [2.24, 2.45) is 0 Å². The van der Waals surface area contributed by atoms with Gasteiger partial charge in [0.15, 0.2) is 5.16 Å². The third-order valence-electron chi connectivity index (χ3n) is 4.76. The molecule has 1 amide bonds. The maximum Gasteiger partial charge on any atom is 0.344 e. The molecule has 29 heavy (non-hydrogen) atoms. The van der Waals surface area contributed by atoms with E-state index in [0.717, 1.165) is 24.0 Å². The van der Waals surface area contributed by atoms with Crippen LogP contribution in [0.3, 0.4) is 0 Å². The first-order valence-electron chi connectivity index (χ1n) is 9.41. The number of aromatic amines is 1. The zero-order chi connectivity index (χ0) is 20.4. The fourth-order valence-corrected chi connectivity index (χ4v) is 4.27. The van der Waals surface area contributed by atoms with Crippen molar-refractivity contribution in [1.82, 2.24) is 14.8 Å². The molecule has 0 unspecified atom stereocenters. The van der Waals surface area contributed by atoms with Crippen molar-refractivity contribution in [2.45, 2.75) is 36.2 Å².